The Hall–Kier alpha value is -2.86. The summed E-state index contributed by atoms with van der Waals surface area (Å²) in [6.45, 7) is 2.59. The van der Waals surface area contributed by atoms with Crippen LogP contribution in [-0.2, 0) is 11.3 Å². The van der Waals surface area contributed by atoms with Crippen molar-refractivity contribution in [1.29, 1.82) is 0 Å². The van der Waals surface area contributed by atoms with Crippen LogP contribution in [-0.4, -0.2) is 17.1 Å². The van der Waals surface area contributed by atoms with Gasteiger partial charge in [-0.3, -0.25) is 14.2 Å². The molecule has 0 bridgehead atoms. The number of carbonyl (C=O) groups is 1. The normalized spacial score (nSPS) is 15.7. The Balaban J connectivity index is 1.54. The molecular weight excluding hydrogens is 360 g/mol. The zero-order valence-electron chi connectivity index (χ0n) is 15.0. The lowest BCUT2D eigenvalue weighted by Gasteiger charge is -2.26. The van der Waals surface area contributed by atoms with E-state index < -0.39 is 0 Å². The van der Waals surface area contributed by atoms with Gasteiger partial charge in [-0.1, -0.05) is 59.4 Å². The van der Waals surface area contributed by atoms with Gasteiger partial charge >= 0.3 is 4.87 Å². The molecule has 1 aromatic heterocycles. The average molecular weight is 380 g/mol. The van der Waals surface area contributed by atoms with Crippen molar-refractivity contribution in [1.82, 2.24) is 9.88 Å². The highest BCUT2D eigenvalue weighted by Gasteiger charge is 2.23. The number of thiazole rings is 1. The van der Waals surface area contributed by atoms with Gasteiger partial charge in [0.15, 0.2) is 0 Å². The van der Waals surface area contributed by atoms with Crippen LogP contribution in [0.5, 0.6) is 5.75 Å². The molecule has 5 nitrogen and oxygen atoms in total. The molecule has 0 radical (unpaired) electrons. The Bertz CT molecular complexity index is 1020. The van der Waals surface area contributed by atoms with Crippen LogP contribution in [0.4, 0.5) is 0 Å². The second-order valence-corrected chi connectivity index (χ2v) is 7.45. The third kappa shape index (κ3) is 3.66. The number of ether oxygens (including phenoxy) is 1. The first-order valence-corrected chi connectivity index (χ1v) is 9.76. The number of aryl methyl sites for hydroxylation is 1. The Morgan fingerprint density at radius 2 is 2.00 bits per heavy atom. The van der Waals surface area contributed by atoms with Crippen molar-refractivity contribution in [3.63, 3.8) is 0 Å². The lowest BCUT2D eigenvalue weighted by molar-refractivity contribution is -0.122. The average Bonchev–Trinajstić information content (AvgIpc) is 3.03. The Morgan fingerprint density at radius 3 is 2.81 bits per heavy atom. The molecule has 0 aliphatic carbocycles. The zero-order valence-corrected chi connectivity index (χ0v) is 15.8. The van der Waals surface area contributed by atoms with Crippen molar-refractivity contribution in [3.8, 4) is 17.0 Å². The first kappa shape index (κ1) is 17.5. The molecule has 2 aromatic carbocycles. The van der Waals surface area contributed by atoms with E-state index in [1.54, 1.807) is 0 Å². The molecule has 6 heteroatoms. The molecule has 0 saturated heterocycles. The summed E-state index contributed by atoms with van der Waals surface area (Å²) in [4.78, 5) is 24.8. The number of amides is 1. The maximum Gasteiger partial charge on any atom is 0.308 e. The van der Waals surface area contributed by atoms with Crippen LogP contribution >= 0.6 is 11.3 Å². The monoisotopic (exact) mass is 380 g/mol. The quantitative estimate of drug-likeness (QED) is 0.753. The fraction of sp³-hybridized carbons (Fsp3) is 0.238. The Morgan fingerprint density at radius 1 is 1.22 bits per heavy atom. The van der Waals surface area contributed by atoms with Gasteiger partial charge in [-0.25, -0.2) is 0 Å². The summed E-state index contributed by atoms with van der Waals surface area (Å²) in [5, 5.41) is 4.86. The highest BCUT2D eigenvalue weighted by atomic mass is 32.1. The third-order valence-corrected chi connectivity index (χ3v) is 5.49. The minimum absolute atomic E-state index is 0.00503. The molecule has 0 unspecified atom stereocenters. The fourth-order valence-corrected chi connectivity index (χ4v) is 4.07. The van der Waals surface area contributed by atoms with Gasteiger partial charge in [-0.15, -0.1) is 0 Å². The minimum atomic E-state index is -0.175. The van der Waals surface area contributed by atoms with Crippen LogP contribution in [0.1, 0.15) is 23.6 Å². The first-order chi connectivity index (χ1) is 13.1. The molecule has 0 saturated carbocycles. The third-order valence-electron chi connectivity index (χ3n) is 4.73. The van der Waals surface area contributed by atoms with Crippen molar-refractivity contribution in [3.05, 3.63) is 74.7 Å². The van der Waals surface area contributed by atoms with E-state index in [1.807, 2.05) is 60.8 Å². The molecule has 0 fully saturated rings. The Labute approximate surface area is 161 Å². The van der Waals surface area contributed by atoms with E-state index in [0.29, 0.717) is 13.0 Å². The molecule has 3 aromatic rings. The van der Waals surface area contributed by atoms with Gasteiger partial charge in [0.1, 0.15) is 12.3 Å². The first-order valence-electron chi connectivity index (χ1n) is 8.88. The number of hydrogen-bond acceptors (Lipinski definition) is 4. The topological polar surface area (TPSA) is 60.3 Å². The second-order valence-electron chi connectivity index (χ2n) is 6.63. The fourth-order valence-electron chi connectivity index (χ4n) is 3.31. The van der Waals surface area contributed by atoms with Crippen molar-refractivity contribution < 1.29 is 9.53 Å². The van der Waals surface area contributed by atoms with Gasteiger partial charge in [-0.2, -0.15) is 0 Å². The molecule has 1 atom stereocenters. The predicted octanol–water partition coefficient (Wildman–Crippen LogP) is 3.53. The zero-order chi connectivity index (χ0) is 18.8. The second kappa shape index (κ2) is 7.40. The number of hydrogen-bond donors (Lipinski definition) is 1. The molecule has 1 N–H and O–H groups in total. The van der Waals surface area contributed by atoms with Crippen molar-refractivity contribution >= 4 is 17.2 Å². The van der Waals surface area contributed by atoms with Gasteiger partial charge in [0.05, 0.1) is 18.3 Å². The molecule has 1 aliphatic heterocycles. The van der Waals surface area contributed by atoms with Crippen molar-refractivity contribution in [2.24, 2.45) is 0 Å². The van der Waals surface area contributed by atoms with Gasteiger partial charge in [-0.05, 0) is 18.6 Å². The molecule has 138 valence electrons. The van der Waals surface area contributed by atoms with Crippen LogP contribution in [0.2, 0.25) is 0 Å². The van der Waals surface area contributed by atoms with Gasteiger partial charge in [0.2, 0.25) is 5.91 Å². The number of carbonyl (C=O) groups excluding carboxylic acids is 1. The summed E-state index contributed by atoms with van der Waals surface area (Å²) in [5.41, 5.74) is 3.84. The molecule has 4 rings (SSSR count). The number of rotatable bonds is 4. The largest absolute Gasteiger partial charge is 0.493 e. The smallest absolute Gasteiger partial charge is 0.308 e. The number of benzene rings is 2. The summed E-state index contributed by atoms with van der Waals surface area (Å²) in [5.74, 6) is 0.632. The van der Waals surface area contributed by atoms with Crippen LogP contribution in [0.25, 0.3) is 11.3 Å². The highest BCUT2D eigenvalue weighted by molar-refractivity contribution is 7.07. The van der Waals surface area contributed by atoms with Gasteiger partial charge in [0.25, 0.3) is 0 Å². The summed E-state index contributed by atoms with van der Waals surface area (Å²) in [6.07, 6.45) is 0.714. The minimum Gasteiger partial charge on any atom is -0.493 e. The SMILES string of the molecule is Cc1ccc(-c2csc(=O)n2CC(=O)N[C@@H]2CCOc3ccccc32)cc1. The van der Waals surface area contributed by atoms with Gasteiger partial charge < -0.3 is 10.1 Å². The van der Waals surface area contributed by atoms with Crippen molar-refractivity contribution in [2.45, 2.75) is 25.9 Å². The number of para-hydroxylation sites is 1. The Kier molecular flexibility index (Phi) is 4.81. The predicted molar refractivity (Wildman–Crippen MR) is 106 cm³/mol. The molecule has 1 amide bonds. The number of aromatic nitrogens is 1. The van der Waals surface area contributed by atoms with E-state index in [4.69, 9.17) is 4.74 Å². The van der Waals surface area contributed by atoms with E-state index in [-0.39, 0.29) is 23.4 Å². The lowest BCUT2D eigenvalue weighted by atomic mass is 10.0. The summed E-state index contributed by atoms with van der Waals surface area (Å²) >= 11 is 1.11. The summed E-state index contributed by atoms with van der Waals surface area (Å²) in [7, 11) is 0. The van der Waals surface area contributed by atoms with Crippen LogP contribution in [0.3, 0.4) is 0 Å². The maximum atomic E-state index is 12.7. The summed E-state index contributed by atoms with van der Waals surface area (Å²) in [6, 6.07) is 15.6. The van der Waals surface area contributed by atoms with Crippen LogP contribution < -0.4 is 14.9 Å². The van der Waals surface area contributed by atoms with Crippen molar-refractivity contribution in [2.75, 3.05) is 6.61 Å². The maximum absolute atomic E-state index is 12.7. The molecule has 0 spiro atoms. The van der Waals surface area contributed by atoms with E-state index in [2.05, 4.69) is 5.32 Å². The van der Waals surface area contributed by atoms with Crippen LogP contribution in [0.15, 0.2) is 58.7 Å². The van der Waals surface area contributed by atoms with Crippen LogP contribution in [0, 0.1) is 6.92 Å². The van der Waals surface area contributed by atoms with Gasteiger partial charge in [0, 0.05) is 17.4 Å². The van der Waals surface area contributed by atoms with E-state index in [9.17, 15) is 9.59 Å². The molecule has 1 aliphatic rings. The van der Waals surface area contributed by atoms with E-state index in [0.717, 1.165) is 39.5 Å². The number of nitrogens with zero attached hydrogens (tertiary/aromatic N) is 1. The number of nitrogens with one attached hydrogen (secondary N) is 1. The van der Waals surface area contributed by atoms with E-state index >= 15 is 0 Å². The molecule has 2 heterocycles. The number of fused-ring (bicyclic) bond motifs is 1. The summed E-state index contributed by atoms with van der Waals surface area (Å²) < 4.78 is 7.18. The standard InChI is InChI=1S/C21H20N2O3S/c1-14-6-8-15(9-7-14)18-13-27-21(25)23(18)12-20(24)22-17-10-11-26-19-5-3-2-4-16(17)19/h2-9,13,17H,10-12H2,1H3,(H,22,24)/t17-/m1/s1. The highest BCUT2D eigenvalue weighted by Crippen LogP contribution is 2.31. The van der Waals surface area contributed by atoms with E-state index in [1.165, 1.54) is 4.57 Å². The lowest BCUT2D eigenvalue weighted by Crippen LogP contribution is -2.36. The molecule has 27 heavy (non-hydrogen) atoms. The molecular formula is C21H20N2O3S.